The van der Waals surface area contributed by atoms with Crippen molar-refractivity contribution in [3.8, 4) is 0 Å². The third-order valence-electron chi connectivity index (χ3n) is 3.32. The monoisotopic (exact) mass is 167 g/mol. The summed E-state index contributed by atoms with van der Waals surface area (Å²) in [6.07, 6.45) is 7.45. The third kappa shape index (κ3) is 1.40. The molecule has 2 rings (SSSR count). The molecular weight excluding hydrogens is 150 g/mol. The molecule has 2 aliphatic rings. The Morgan fingerprint density at radius 3 is 2.75 bits per heavy atom. The Kier molecular flexibility index (Phi) is 2.45. The number of hydrogen-bond donors (Lipinski definition) is 0. The first-order chi connectivity index (χ1) is 5.92. The molecule has 2 heteroatoms. The Morgan fingerprint density at radius 1 is 1.08 bits per heavy atom. The Balaban J connectivity index is 2.03. The number of carbonyl (C=O) groups is 1. The normalized spacial score (nSPS) is 37.3. The van der Waals surface area contributed by atoms with Gasteiger partial charge in [0.05, 0.1) is 0 Å². The van der Waals surface area contributed by atoms with Gasteiger partial charge in [-0.3, -0.25) is 4.90 Å². The highest BCUT2D eigenvalue weighted by atomic mass is 16.1. The first-order valence-corrected chi connectivity index (χ1v) is 5.11. The van der Waals surface area contributed by atoms with Crippen molar-refractivity contribution in [2.45, 2.75) is 38.1 Å². The maximum absolute atomic E-state index is 10.8. The van der Waals surface area contributed by atoms with Crippen LogP contribution < -0.4 is 0 Å². The largest absolute Gasteiger partial charge is 0.303 e. The van der Waals surface area contributed by atoms with Crippen LogP contribution in [0, 0.1) is 5.92 Å². The van der Waals surface area contributed by atoms with Crippen molar-refractivity contribution >= 4 is 6.29 Å². The summed E-state index contributed by atoms with van der Waals surface area (Å²) in [4.78, 5) is 13.3. The Morgan fingerprint density at radius 2 is 1.92 bits per heavy atom. The summed E-state index contributed by atoms with van der Waals surface area (Å²) in [6.45, 7) is 2.46. The average Bonchev–Trinajstić information content (AvgIpc) is 2.17. The maximum Gasteiger partial charge on any atom is 0.124 e. The number of aldehydes is 1. The van der Waals surface area contributed by atoms with Crippen LogP contribution in [0.2, 0.25) is 0 Å². The van der Waals surface area contributed by atoms with Crippen LogP contribution in [-0.4, -0.2) is 30.3 Å². The van der Waals surface area contributed by atoms with Gasteiger partial charge in [0.25, 0.3) is 0 Å². The van der Waals surface area contributed by atoms with Crippen molar-refractivity contribution in [3.63, 3.8) is 0 Å². The van der Waals surface area contributed by atoms with E-state index in [-0.39, 0.29) is 0 Å². The Labute approximate surface area is 73.9 Å². The van der Waals surface area contributed by atoms with Crippen molar-refractivity contribution in [3.05, 3.63) is 0 Å². The second-order valence-corrected chi connectivity index (χ2v) is 4.04. The summed E-state index contributed by atoms with van der Waals surface area (Å²) in [5, 5.41) is 0. The second-order valence-electron chi connectivity index (χ2n) is 4.04. The predicted molar refractivity (Wildman–Crippen MR) is 48.0 cm³/mol. The minimum absolute atomic E-state index is 0.346. The first-order valence-electron chi connectivity index (χ1n) is 5.11. The molecule has 0 spiro atoms. The number of rotatable bonds is 1. The second kappa shape index (κ2) is 3.56. The van der Waals surface area contributed by atoms with Gasteiger partial charge < -0.3 is 4.79 Å². The van der Waals surface area contributed by atoms with Gasteiger partial charge in [0.1, 0.15) is 6.29 Å². The molecular formula is C10H17NO. The molecule has 0 aliphatic carbocycles. The molecule has 2 nitrogen and oxygen atoms in total. The van der Waals surface area contributed by atoms with Crippen LogP contribution in [0.25, 0.3) is 0 Å². The topological polar surface area (TPSA) is 20.3 Å². The molecule has 0 radical (unpaired) electrons. The molecule has 0 saturated carbocycles. The van der Waals surface area contributed by atoms with E-state index in [1.807, 2.05) is 0 Å². The van der Waals surface area contributed by atoms with Gasteiger partial charge in [-0.25, -0.2) is 0 Å². The Bertz CT molecular complexity index is 167. The van der Waals surface area contributed by atoms with Crippen molar-refractivity contribution in [2.24, 2.45) is 5.92 Å². The molecule has 0 aromatic heterocycles. The molecule has 2 saturated heterocycles. The predicted octanol–water partition coefficient (Wildman–Crippen LogP) is 1.45. The SMILES string of the molecule is O=C[C@@H]1CCCN2CCCC[C@H]12. The molecule has 2 fully saturated rings. The van der Waals surface area contributed by atoms with Gasteiger partial charge >= 0.3 is 0 Å². The molecule has 0 aromatic carbocycles. The van der Waals surface area contributed by atoms with Crippen LogP contribution in [0.5, 0.6) is 0 Å². The van der Waals surface area contributed by atoms with Gasteiger partial charge in [-0.15, -0.1) is 0 Å². The van der Waals surface area contributed by atoms with Crippen molar-refractivity contribution in [2.75, 3.05) is 13.1 Å². The summed E-state index contributed by atoms with van der Waals surface area (Å²) in [7, 11) is 0. The molecule has 12 heavy (non-hydrogen) atoms. The third-order valence-corrected chi connectivity index (χ3v) is 3.32. The summed E-state index contributed by atoms with van der Waals surface area (Å²) >= 11 is 0. The zero-order chi connectivity index (χ0) is 8.39. The van der Waals surface area contributed by atoms with Crippen molar-refractivity contribution in [1.82, 2.24) is 4.90 Å². The van der Waals surface area contributed by atoms with Gasteiger partial charge in [0.2, 0.25) is 0 Å². The van der Waals surface area contributed by atoms with Crippen molar-refractivity contribution < 1.29 is 4.79 Å². The molecule has 0 unspecified atom stereocenters. The van der Waals surface area contributed by atoms with Gasteiger partial charge in [-0.1, -0.05) is 6.42 Å². The van der Waals surface area contributed by atoms with Crippen LogP contribution in [0.1, 0.15) is 32.1 Å². The van der Waals surface area contributed by atoms with Crippen molar-refractivity contribution in [1.29, 1.82) is 0 Å². The van der Waals surface area contributed by atoms with E-state index in [0.29, 0.717) is 12.0 Å². The highest BCUT2D eigenvalue weighted by Gasteiger charge is 2.32. The Hall–Kier alpha value is -0.370. The average molecular weight is 167 g/mol. The maximum atomic E-state index is 10.8. The molecule has 0 bridgehead atoms. The number of fused-ring (bicyclic) bond motifs is 1. The summed E-state index contributed by atoms with van der Waals surface area (Å²) < 4.78 is 0. The number of carbonyl (C=O) groups excluding carboxylic acids is 1. The lowest BCUT2D eigenvalue weighted by Gasteiger charge is -2.42. The summed E-state index contributed by atoms with van der Waals surface area (Å²) in [5.41, 5.74) is 0. The zero-order valence-corrected chi connectivity index (χ0v) is 7.54. The van der Waals surface area contributed by atoms with Crippen LogP contribution in [0.15, 0.2) is 0 Å². The molecule has 2 aliphatic heterocycles. The van der Waals surface area contributed by atoms with E-state index >= 15 is 0 Å². The van der Waals surface area contributed by atoms with E-state index in [1.54, 1.807) is 0 Å². The highest BCUT2D eigenvalue weighted by molar-refractivity contribution is 5.55. The summed E-state index contributed by atoms with van der Waals surface area (Å²) in [6, 6.07) is 0.602. The zero-order valence-electron chi connectivity index (χ0n) is 7.54. The number of nitrogens with zero attached hydrogens (tertiary/aromatic N) is 1. The lowest BCUT2D eigenvalue weighted by molar-refractivity contribution is -0.115. The standard InChI is InChI=1S/C10H17NO/c12-8-9-4-3-7-11-6-2-1-5-10(9)11/h8-10H,1-7H2/t9-,10+/m0/s1. The van der Waals surface area contributed by atoms with E-state index in [2.05, 4.69) is 4.90 Å². The van der Waals surface area contributed by atoms with E-state index < -0.39 is 0 Å². The number of hydrogen-bond acceptors (Lipinski definition) is 2. The summed E-state index contributed by atoms with van der Waals surface area (Å²) in [5.74, 6) is 0.346. The quantitative estimate of drug-likeness (QED) is 0.551. The first kappa shape index (κ1) is 8.24. The molecule has 2 heterocycles. The lowest BCUT2D eigenvalue weighted by Crippen LogP contribution is -2.48. The molecule has 0 amide bonds. The smallest absolute Gasteiger partial charge is 0.124 e. The van der Waals surface area contributed by atoms with Crippen LogP contribution in [0.4, 0.5) is 0 Å². The van der Waals surface area contributed by atoms with Crippen LogP contribution in [0.3, 0.4) is 0 Å². The van der Waals surface area contributed by atoms with E-state index in [1.165, 1.54) is 45.1 Å². The fourth-order valence-electron chi connectivity index (χ4n) is 2.66. The molecule has 0 aromatic rings. The molecule has 68 valence electrons. The molecule has 0 N–H and O–H groups in total. The van der Waals surface area contributed by atoms with Gasteiger partial charge in [0, 0.05) is 12.0 Å². The van der Waals surface area contributed by atoms with Gasteiger partial charge in [-0.05, 0) is 38.8 Å². The molecule has 2 atom stereocenters. The minimum atomic E-state index is 0.346. The van der Waals surface area contributed by atoms with E-state index in [9.17, 15) is 4.79 Å². The highest BCUT2D eigenvalue weighted by Crippen LogP contribution is 2.29. The fourth-order valence-corrected chi connectivity index (χ4v) is 2.66. The fraction of sp³-hybridized carbons (Fsp3) is 0.900. The van der Waals surface area contributed by atoms with Crippen LogP contribution >= 0.6 is 0 Å². The lowest BCUT2D eigenvalue weighted by atomic mass is 9.84. The van der Waals surface area contributed by atoms with E-state index in [4.69, 9.17) is 0 Å². The van der Waals surface area contributed by atoms with Crippen LogP contribution in [-0.2, 0) is 4.79 Å². The van der Waals surface area contributed by atoms with Gasteiger partial charge in [-0.2, -0.15) is 0 Å². The van der Waals surface area contributed by atoms with E-state index in [0.717, 1.165) is 6.42 Å². The van der Waals surface area contributed by atoms with Gasteiger partial charge in [0.15, 0.2) is 0 Å². The minimum Gasteiger partial charge on any atom is -0.303 e. The number of piperidine rings is 2.